The van der Waals surface area contributed by atoms with Gasteiger partial charge in [-0.3, -0.25) is 9.52 Å². The summed E-state index contributed by atoms with van der Waals surface area (Å²) in [6.07, 6.45) is 0. The summed E-state index contributed by atoms with van der Waals surface area (Å²) in [6, 6.07) is 16.3. The average molecular weight is 437 g/mol. The predicted molar refractivity (Wildman–Crippen MR) is 110 cm³/mol. The van der Waals surface area contributed by atoms with Crippen molar-refractivity contribution in [3.05, 3.63) is 82.3 Å². The molecule has 3 aromatic carbocycles. The summed E-state index contributed by atoms with van der Waals surface area (Å²) in [5, 5.41) is 13.0. The first kappa shape index (κ1) is 20.0. The molecule has 28 heavy (non-hydrogen) atoms. The van der Waals surface area contributed by atoms with Gasteiger partial charge in [-0.1, -0.05) is 35.3 Å². The molecule has 6 nitrogen and oxygen atoms in total. The first-order chi connectivity index (χ1) is 13.3. The molecule has 3 rings (SSSR count). The predicted octanol–water partition coefficient (Wildman–Crippen LogP) is 4.75. The molecule has 1 amide bonds. The summed E-state index contributed by atoms with van der Waals surface area (Å²) in [5.74, 6) is -0.977. The lowest BCUT2D eigenvalue weighted by Crippen LogP contribution is -2.15. The van der Waals surface area contributed by atoms with Crippen LogP contribution >= 0.6 is 23.2 Å². The van der Waals surface area contributed by atoms with Crippen molar-refractivity contribution >= 4 is 50.5 Å². The van der Waals surface area contributed by atoms with Crippen LogP contribution in [0.15, 0.2) is 71.6 Å². The largest absolute Gasteiger partial charge is 0.506 e. The maximum atomic E-state index is 12.6. The van der Waals surface area contributed by atoms with Crippen LogP contribution in [0.5, 0.6) is 5.75 Å². The molecular weight excluding hydrogens is 423 g/mol. The van der Waals surface area contributed by atoms with E-state index in [1.807, 2.05) is 0 Å². The molecular formula is C19H14Cl2N2O4S. The fourth-order valence-corrected chi connectivity index (χ4v) is 3.77. The van der Waals surface area contributed by atoms with Crippen LogP contribution in [0, 0.1) is 0 Å². The number of carbonyl (C=O) groups is 1. The summed E-state index contributed by atoms with van der Waals surface area (Å²) in [4.78, 5) is 12.3. The third kappa shape index (κ3) is 4.56. The Bertz CT molecular complexity index is 1130. The van der Waals surface area contributed by atoms with Gasteiger partial charge in [-0.25, -0.2) is 8.42 Å². The number of hydrogen-bond acceptors (Lipinski definition) is 4. The Labute approximate surface area is 171 Å². The van der Waals surface area contributed by atoms with Gasteiger partial charge in [0.25, 0.3) is 15.9 Å². The number of phenols is 1. The highest BCUT2D eigenvalue weighted by Gasteiger charge is 2.17. The van der Waals surface area contributed by atoms with E-state index in [0.29, 0.717) is 10.7 Å². The van der Waals surface area contributed by atoms with E-state index in [4.69, 9.17) is 23.2 Å². The molecule has 3 aromatic rings. The Morgan fingerprint density at radius 1 is 0.893 bits per heavy atom. The highest BCUT2D eigenvalue weighted by molar-refractivity contribution is 7.92. The Morgan fingerprint density at radius 2 is 1.57 bits per heavy atom. The van der Waals surface area contributed by atoms with Gasteiger partial charge in [0.05, 0.1) is 15.5 Å². The van der Waals surface area contributed by atoms with Crippen LogP contribution in [0.4, 0.5) is 11.4 Å². The summed E-state index contributed by atoms with van der Waals surface area (Å²) in [7, 11) is -3.88. The minimum absolute atomic E-state index is 0.0277. The minimum Gasteiger partial charge on any atom is -0.506 e. The molecule has 0 aliphatic carbocycles. The fraction of sp³-hybridized carbons (Fsp3) is 0. The first-order valence-electron chi connectivity index (χ1n) is 7.93. The van der Waals surface area contributed by atoms with E-state index in [0.717, 1.165) is 0 Å². The van der Waals surface area contributed by atoms with Crippen molar-refractivity contribution in [2.75, 3.05) is 10.0 Å². The number of nitrogens with one attached hydrogen (secondary N) is 2. The maximum Gasteiger partial charge on any atom is 0.261 e. The molecule has 0 aliphatic heterocycles. The topological polar surface area (TPSA) is 95.5 Å². The number of halogens is 2. The molecule has 0 radical (unpaired) electrons. The average Bonchev–Trinajstić information content (AvgIpc) is 2.66. The number of amides is 1. The van der Waals surface area contributed by atoms with Gasteiger partial charge in [0, 0.05) is 16.4 Å². The molecule has 0 aromatic heterocycles. The summed E-state index contributed by atoms with van der Waals surface area (Å²) in [6.45, 7) is 0. The van der Waals surface area contributed by atoms with Crippen molar-refractivity contribution in [2.45, 2.75) is 4.90 Å². The van der Waals surface area contributed by atoms with Gasteiger partial charge < -0.3 is 10.4 Å². The van der Waals surface area contributed by atoms with E-state index < -0.39 is 15.9 Å². The lowest BCUT2D eigenvalue weighted by Gasteiger charge is -2.11. The smallest absolute Gasteiger partial charge is 0.261 e. The fourth-order valence-electron chi connectivity index (χ4n) is 2.37. The van der Waals surface area contributed by atoms with Gasteiger partial charge in [0.2, 0.25) is 0 Å². The maximum absolute atomic E-state index is 12.6. The highest BCUT2D eigenvalue weighted by atomic mass is 35.5. The van der Waals surface area contributed by atoms with E-state index in [-0.39, 0.29) is 26.9 Å². The zero-order chi connectivity index (χ0) is 20.3. The minimum atomic E-state index is -3.88. The molecule has 0 saturated carbocycles. The van der Waals surface area contributed by atoms with Crippen molar-refractivity contribution in [3.63, 3.8) is 0 Å². The second-order valence-electron chi connectivity index (χ2n) is 5.73. The quantitative estimate of drug-likeness (QED) is 0.537. The van der Waals surface area contributed by atoms with E-state index in [1.165, 1.54) is 54.6 Å². The third-order valence-corrected chi connectivity index (χ3v) is 5.67. The van der Waals surface area contributed by atoms with E-state index in [1.54, 1.807) is 12.1 Å². The molecule has 0 aliphatic rings. The van der Waals surface area contributed by atoms with Crippen molar-refractivity contribution in [1.29, 1.82) is 0 Å². The van der Waals surface area contributed by atoms with Gasteiger partial charge in [0.1, 0.15) is 5.75 Å². The molecule has 0 saturated heterocycles. The van der Waals surface area contributed by atoms with E-state index >= 15 is 0 Å². The van der Waals surface area contributed by atoms with Crippen LogP contribution in [0.1, 0.15) is 10.4 Å². The molecule has 0 heterocycles. The zero-order valence-electron chi connectivity index (χ0n) is 14.2. The van der Waals surface area contributed by atoms with Crippen LogP contribution in [-0.2, 0) is 10.0 Å². The molecule has 3 N–H and O–H groups in total. The number of phenolic OH excluding ortho intramolecular Hbond substituents is 1. The summed E-state index contributed by atoms with van der Waals surface area (Å²) >= 11 is 11.6. The standard InChI is InChI=1S/C19H14Cl2N2O4S/c20-12-7-9-13(10-8-12)23-28(26,27)15-4-1-3-14(11-15)22-19(25)16-5-2-6-17(21)18(16)24/h1-11,23-24H,(H,22,25). The van der Waals surface area contributed by atoms with Crippen LogP contribution in [0.25, 0.3) is 0 Å². The van der Waals surface area contributed by atoms with Gasteiger partial charge in [-0.05, 0) is 54.6 Å². The number of para-hydroxylation sites is 1. The number of anilines is 2. The second kappa shape index (κ2) is 8.10. The van der Waals surface area contributed by atoms with Crippen molar-refractivity contribution in [2.24, 2.45) is 0 Å². The monoisotopic (exact) mass is 436 g/mol. The van der Waals surface area contributed by atoms with Gasteiger partial charge in [-0.15, -0.1) is 0 Å². The Morgan fingerprint density at radius 3 is 2.29 bits per heavy atom. The molecule has 144 valence electrons. The second-order valence-corrected chi connectivity index (χ2v) is 8.26. The molecule has 0 unspecified atom stereocenters. The van der Waals surface area contributed by atoms with Crippen molar-refractivity contribution in [1.82, 2.24) is 0 Å². The number of aromatic hydroxyl groups is 1. The SMILES string of the molecule is O=C(Nc1cccc(S(=O)(=O)Nc2ccc(Cl)cc2)c1)c1cccc(Cl)c1O. The van der Waals surface area contributed by atoms with Gasteiger partial charge >= 0.3 is 0 Å². The molecule has 0 spiro atoms. The van der Waals surface area contributed by atoms with Crippen LogP contribution in [0.3, 0.4) is 0 Å². The van der Waals surface area contributed by atoms with Gasteiger partial charge in [0.15, 0.2) is 0 Å². The summed E-state index contributed by atoms with van der Waals surface area (Å²) in [5.41, 5.74) is 0.561. The number of hydrogen-bond donors (Lipinski definition) is 3. The normalized spacial score (nSPS) is 11.1. The Balaban J connectivity index is 1.82. The molecule has 0 bridgehead atoms. The van der Waals surface area contributed by atoms with Crippen LogP contribution in [0.2, 0.25) is 10.0 Å². The van der Waals surface area contributed by atoms with Crippen molar-refractivity contribution in [3.8, 4) is 5.75 Å². The highest BCUT2D eigenvalue weighted by Crippen LogP contribution is 2.28. The Kier molecular flexibility index (Phi) is 5.79. The zero-order valence-corrected chi connectivity index (χ0v) is 16.5. The number of benzene rings is 3. The molecule has 9 heteroatoms. The molecule has 0 atom stereocenters. The number of rotatable bonds is 5. The number of carbonyl (C=O) groups excluding carboxylic acids is 1. The van der Waals surface area contributed by atoms with Crippen LogP contribution in [-0.4, -0.2) is 19.4 Å². The van der Waals surface area contributed by atoms with Crippen LogP contribution < -0.4 is 10.0 Å². The van der Waals surface area contributed by atoms with Gasteiger partial charge in [-0.2, -0.15) is 0 Å². The Hall–Kier alpha value is -2.74. The third-order valence-electron chi connectivity index (χ3n) is 3.73. The molecule has 0 fully saturated rings. The lowest BCUT2D eigenvalue weighted by molar-refractivity contribution is 0.102. The van der Waals surface area contributed by atoms with E-state index in [9.17, 15) is 18.3 Å². The van der Waals surface area contributed by atoms with E-state index in [2.05, 4.69) is 10.0 Å². The first-order valence-corrected chi connectivity index (χ1v) is 10.2. The van der Waals surface area contributed by atoms with Crippen molar-refractivity contribution < 1.29 is 18.3 Å². The number of sulfonamides is 1. The lowest BCUT2D eigenvalue weighted by atomic mass is 10.2. The summed E-state index contributed by atoms with van der Waals surface area (Å²) < 4.78 is 27.6.